The van der Waals surface area contributed by atoms with Gasteiger partial charge in [-0.25, -0.2) is 8.42 Å². The maximum absolute atomic E-state index is 11.2. The van der Waals surface area contributed by atoms with Crippen molar-refractivity contribution in [3.8, 4) is 0 Å². The highest BCUT2D eigenvalue weighted by molar-refractivity contribution is 7.90. The first-order chi connectivity index (χ1) is 7.97. The molecule has 1 heterocycles. The van der Waals surface area contributed by atoms with Crippen LogP contribution in [-0.2, 0) is 16.3 Å². The number of sulfone groups is 1. The molecule has 0 aliphatic carbocycles. The van der Waals surface area contributed by atoms with Gasteiger partial charge in [-0.05, 0) is 30.5 Å². The van der Waals surface area contributed by atoms with Crippen molar-refractivity contribution < 1.29 is 8.42 Å². The maximum atomic E-state index is 11.2. The fraction of sp³-hybridized carbons (Fsp3) is 0.500. The summed E-state index contributed by atoms with van der Waals surface area (Å²) in [6.07, 6.45) is 3.29. The van der Waals surface area contributed by atoms with Gasteiger partial charge in [0.1, 0.15) is 9.84 Å². The van der Waals surface area contributed by atoms with Crippen LogP contribution in [0.15, 0.2) is 18.2 Å². The van der Waals surface area contributed by atoms with Crippen LogP contribution in [0.5, 0.6) is 0 Å². The predicted octanol–water partition coefficient (Wildman–Crippen LogP) is 1.07. The van der Waals surface area contributed by atoms with Crippen molar-refractivity contribution in [2.45, 2.75) is 12.8 Å². The van der Waals surface area contributed by atoms with Crippen molar-refractivity contribution in [3.63, 3.8) is 0 Å². The monoisotopic (exact) mass is 254 g/mol. The second-order valence-corrected chi connectivity index (χ2v) is 6.83. The van der Waals surface area contributed by atoms with Gasteiger partial charge in [0.25, 0.3) is 0 Å². The van der Waals surface area contributed by atoms with Crippen LogP contribution >= 0.6 is 0 Å². The Morgan fingerprint density at radius 2 is 2.18 bits per heavy atom. The number of anilines is 2. The van der Waals surface area contributed by atoms with E-state index in [0.29, 0.717) is 6.54 Å². The Morgan fingerprint density at radius 1 is 1.41 bits per heavy atom. The van der Waals surface area contributed by atoms with Gasteiger partial charge in [-0.2, -0.15) is 0 Å². The summed E-state index contributed by atoms with van der Waals surface area (Å²) in [5.41, 5.74) is 9.01. The zero-order valence-electron chi connectivity index (χ0n) is 10.0. The van der Waals surface area contributed by atoms with Gasteiger partial charge < -0.3 is 10.6 Å². The molecule has 0 amide bonds. The van der Waals surface area contributed by atoms with Gasteiger partial charge in [0.2, 0.25) is 0 Å². The molecule has 1 aliphatic rings. The normalized spacial score (nSPS) is 15.7. The summed E-state index contributed by atoms with van der Waals surface area (Å²) in [5, 5.41) is 0. The molecule has 0 unspecified atom stereocenters. The van der Waals surface area contributed by atoms with E-state index in [1.54, 1.807) is 0 Å². The van der Waals surface area contributed by atoms with Gasteiger partial charge in [-0.3, -0.25) is 0 Å². The average Bonchev–Trinajstić information content (AvgIpc) is 2.26. The number of hydrogen-bond acceptors (Lipinski definition) is 4. The topological polar surface area (TPSA) is 63.4 Å². The molecule has 1 aromatic carbocycles. The molecule has 2 rings (SSSR count). The third-order valence-corrected chi connectivity index (χ3v) is 4.04. The highest BCUT2D eigenvalue weighted by Gasteiger charge is 2.19. The summed E-state index contributed by atoms with van der Waals surface area (Å²) in [6, 6.07) is 5.85. The minimum atomic E-state index is -2.91. The molecule has 0 radical (unpaired) electrons. The molecule has 1 aliphatic heterocycles. The molecule has 17 heavy (non-hydrogen) atoms. The van der Waals surface area contributed by atoms with Crippen LogP contribution in [0.25, 0.3) is 0 Å². The first kappa shape index (κ1) is 12.2. The average molecular weight is 254 g/mol. The molecule has 4 nitrogen and oxygen atoms in total. The van der Waals surface area contributed by atoms with Crippen LogP contribution < -0.4 is 10.6 Å². The van der Waals surface area contributed by atoms with Crippen molar-refractivity contribution in [2.75, 3.05) is 35.7 Å². The molecule has 0 saturated heterocycles. The molecule has 5 heteroatoms. The Hall–Kier alpha value is -1.23. The SMILES string of the molecule is CS(=O)(=O)CCN1CCCc2c(N)cccc21. The highest BCUT2D eigenvalue weighted by atomic mass is 32.2. The van der Waals surface area contributed by atoms with E-state index in [1.165, 1.54) is 6.26 Å². The van der Waals surface area contributed by atoms with Crippen molar-refractivity contribution >= 4 is 21.2 Å². The minimum absolute atomic E-state index is 0.196. The lowest BCUT2D eigenvalue weighted by Crippen LogP contribution is -2.33. The van der Waals surface area contributed by atoms with E-state index in [4.69, 9.17) is 5.73 Å². The van der Waals surface area contributed by atoms with E-state index >= 15 is 0 Å². The fourth-order valence-electron chi connectivity index (χ4n) is 2.24. The Balaban J connectivity index is 2.20. The van der Waals surface area contributed by atoms with Crippen molar-refractivity contribution in [1.29, 1.82) is 0 Å². The second kappa shape index (κ2) is 4.56. The van der Waals surface area contributed by atoms with Crippen LogP contribution in [0.1, 0.15) is 12.0 Å². The lowest BCUT2D eigenvalue weighted by molar-refractivity contribution is 0.598. The summed E-state index contributed by atoms with van der Waals surface area (Å²) >= 11 is 0. The second-order valence-electron chi connectivity index (χ2n) is 4.57. The van der Waals surface area contributed by atoms with Crippen molar-refractivity contribution in [1.82, 2.24) is 0 Å². The number of hydrogen-bond donors (Lipinski definition) is 1. The van der Waals surface area contributed by atoms with E-state index in [0.717, 1.165) is 36.3 Å². The molecular weight excluding hydrogens is 236 g/mol. The molecular formula is C12H18N2O2S. The van der Waals surface area contributed by atoms with Gasteiger partial charge in [0.05, 0.1) is 5.75 Å². The summed E-state index contributed by atoms with van der Waals surface area (Å²) in [5.74, 6) is 0.196. The lowest BCUT2D eigenvalue weighted by atomic mass is 10.00. The van der Waals surface area contributed by atoms with Gasteiger partial charge >= 0.3 is 0 Å². The summed E-state index contributed by atoms with van der Waals surface area (Å²) in [6.45, 7) is 1.46. The number of fused-ring (bicyclic) bond motifs is 1. The molecule has 1 aromatic rings. The van der Waals surface area contributed by atoms with Crippen LogP contribution in [-0.4, -0.2) is 33.5 Å². The van der Waals surface area contributed by atoms with Crippen molar-refractivity contribution in [2.24, 2.45) is 0 Å². The van der Waals surface area contributed by atoms with Crippen LogP contribution in [0.3, 0.4) is 0 Å². The number of nitrogens with two attached hydrogens (primary N) is 1. The first-order valence-electron chi connectivity index (χ1n) is 5.77. The quantitative estimate of drug-likeness (QED) is 0.819. The smallest absolute Gasteiger partial charge is 0.149 e. The highest BCUT2D eigenvalue weighted by Crippen LogP contribution is 2.30. The summed E-state index contributed by atoms with van der Waals surface area (Å²) in [4.78, 5) is 2.12. The molecule has 0 fully saturated rings. The van der Waals surface area contributed by atoms with Crippen LogP contribution in [0.4, 0.5) is 11.4 Å². The Bertz CT molecular complexity index is 511. The van der Waals surface area contributed by atoms with Gasteiger partial charge in [0, 0.05) is 30.7 Å². The largest absolute Gasteiger partial charge is 0.398 e. The molecule has 0 saturated carbocycles. The summed E-state index contributed by atoms with van der Waals surface area (Å²) in [7, 11) is -2.91. The molecule has 2 N–H and O–H groups in total. The number of rotatable bonds is 3. The van der Waals surface area contributed by atoms with Gasteiger partial charge in [0.15, 0.2) is 0 Å². The van der Waals surface area contributed by atoms with Crippen LogP contribution in [0, 0.1) is 0 Å². The number of benzene rings is 1. The molecule has 0 atom stereocenters. The number of nitrogens with zero attached hydrogens (tertiary/aromatic N) is 1. The lowest BCUT2D eigenvalue weighted by Gasteiger charge is -2.31. The van der Waals surface area contributed by atoms with Crippen molar-refractivity contribution in [3.05, 3.63) is 23.8 Å². The molecule has 0 aromatic heterocycles. The fourth-order valence-corrected chi connectivity index (χ4v) is 2.79. The Morgan fingerprint density at radius 3 is 2.88 bits per heavy atom. The van der Waals surface area contributed by atoms with Gasteiger partial charge in [-0.1, -0.05) is 6.07 Å². The van der Waals surface area contributed by atoms with Gasteiger partial charge in [-0.15, -0.1) is 0 Å². The first-order valence-corrected chi connectivity index (χ1v) is 7.83. The van der Waals surface area contributed by atoms with E-state index in [-0.39, 0.29) is 5.75 Å². The number of nitrogen functional groups attached to an aromatic ring is 1. The standard InChI is InChI=1S/C12H18N2O2S/c1-17(15,16)9-8-14-7-3-4-10-11(13)5-2-6-12(10)14/h2,5-6H,3-4,7-9,13H2,1H3. The Kier molecular flexibility index (Phi) is 3.28. The zero-order valence-corrected chi connectivity index (χ0v) is 10.8. The molecule has 0 spiro atoms. The van der Waals surface area contributed by atoms with E-state index < -0.39 is 9.84 Å². The maximum Gasteiger partial charge on any atom is 0.149 e. The molecule has 0 bridgehead atoms. The zero-order chi connectivity index (χ0) is 12.5. The minimum Gasteiger partial charge on any atom is -0.398 e. The predicted molar refractivity (Wildman–Crippen MR) is 71.1 cm³/mol. The third kappa shape index (κ3) is 2.91. The van der Waals surface area contributed by atoms with E-state index in [2.05, 4.69) is 4.90 Å². The third-order valence-electron chi connectivity index (χ3n) is 3.12. The molecule has 94 valence electrons. The van der Waals surface area contributed by atoms with Crippen LogP contribution in [0.2, 0.25) is 0 Å². The Labute approximate surface area is 102 Å². The van der Waals surface area contributed by atoms with E-state index in [9.17, 15) is 8.42 Å². The summed E-state index contributed by atoms with van der Waals surface area (Å²) < 4.78 is 22.4. The van der Waals surface area contributed by atoms with E-state index in [1.807, 2.05) is 18.2 Å².